The Bertz CT molecular complexity index is 1220. The van der Waals surface area contributed by atoms with Gasteiger partial charge in [0.15, 0.2) is 0 Å². The van der Waals surface area contributed by atoms with E-state index in [0.29, 0.717) is 18.5 Å². The van der Waals surface area contributed by atoms with Crippen molar-refractivity contribution in [3.63, 3.8) is 0 Å². The van der Waals surface area contributed by atoms with Crippen LogP contribution in [0.5, 0.6) is 0 Å². The Labute approximate surface area is 195 Å². The lowest BCUT2D eigenvalue weighted by atomic mass is 10.0. The summed E-state index contributed by atoms with van der Waals surface area (Å²) in [6, 6.07) is 21.6. The molecule has 3 N–H and O–H groups in total. The largest absolute Gasteiger partial charge is 0.353 e. The highest BCUT2D eigenvalue weighted by atomic mass is 15.2. The minimum absolute atomic E-state index is 0.244. The number of aromatic nitrogens is 3. The topological polar surface area (TPSA) is 72.0 Å². The SMILES string of the molecule is CC(C)C(N)CN1CCC(Nc2nc3ccccc3n2Cc2ccc3ccccc3n2)CC1. The Morgan fingerprint density at radius 1 is 0.939 bits per heavy atom. The third kappa shape index (κ3) is 4.87. The van der Waals surface area contributed by atoms with Gasteiger partial charge < -0.3 is 20.5 Å². The van der Waals surface area contributed by atoms with Crippen LogP contribution in [-0.2, 0) is 6.54 Å². The molecule has 3 heterocycles. The number of nitrogens with one attached hydrogen (secondary N) is 1. The molecular weight excluding hydrogens is 408 g/mol. The van der Waals surface area contributed by atoms with Crippen LogP contribution < -0.4 is 11.1 Å². The molecule has 0 amide bonds. The molecule has 1 aliphatic rings. The number of nitrogens with zero attached hydrogens (tertiary/aromatic N) is 4. The van der Waals surface area contributed by atoms with Gasteiger partial charge in [-0.3, -0.25) is 4.98 Å². The first-order valence-electron chi connectivity index (χ1n) is 12.1. The minimum Gasteiger partial charge on any atom is -0.353 e. The number of fused-ring (bicyclic) bond motifs is 2. The number of nitrogens with two attached hydrogens (primary N) is 1. The summed E-state index contributed by atoms with van der Waals surface area (Å²) in [6.45, 7) is 8.23. The highest BCUT2D eigenvalue weighted by Gasteiger charge is 2.23. The van der Waals surface area contributed by atoms with E-state index in [1.807, 2.05) is 12.1 Å². The monoisotopic (exact) mass is 442 g/mol. The number of benzene rings is 2. The Morgan fingerprint density at radius 2 is 1.67 bits per heavy atom. The zero-order chi connectivity index (χ0) is 22.8. The van der Waals surface area contributed by atoms with Gasteiger partial charge in [-0.05, 0) is 43.0 Å². The van der Waals surface area contributed by atoms with E-state index in [-0.39, 0.29) is 6.04 Å². The molecule has 6 nitrogen and oxygen atoms in total. The van der Waals surface area contributed by atoms with Gasteiger partial charge in [-0.1, -0.05) is 50.2 Å². The average Bonchev–Trinajstić information content (AvgIpc) is 3.17. The summed E-state index contributed by atoms with van der Waals surface area (Å²) in [6.07, 6.45) is 2.20. The fourth-order valence-corrected chi connectivity index (χ4v) is 4.66. The molecule has 2 aromatic carbocycles. The summed E-state index contributed by atoms with van der Waals surface area (Å²) in [5.41, 5.74) is 10.5. The highest BCUT2D eigenvalue weighted by Crippen LogP contribution is 2.24. The number of piperidine rings is 1. The van der Waals surface area contributed by atoms with Gasteiger partial charge in [0.2, 0.25) is 5.95 Å². The Hall–Kier alpha value is -2.96. The molecule has 2 aromatic heterocycles. The van der Waals surface area contributed by atoms with E-state index in [1.54, 1.807) is 0 Å². The average molecular weight is 443 g/mol. The predicted molar refractivity (Wildman–Crippen MR) is 136 cm³/mol. The van der Waals surface area contributed by atoms with Gasteiger partial charge in [0.05, 0.1) is 28.8 Å². The summed E-state index contributed by atoms with van der Waals surface area (Å²) in [7, 11) is 0. The number of rotatable bonds is 7. The maximum Gasteiger partial charge on any atom is 0.204 e. The highest BCUT2D eigenvalue weighted by molar-refractivity contribution is 5.80. The summed E-state index contributed by atoms with van der Waals surface area (Å²) in [4.78, 5) is 12.4. The molecule has 0 saturated carbocycles. The summed E-state index contributed by atoms with van der Waals surface area (Å²) in [5.74, 6) is 1.45. The standard InChI is InChI=1S/C27H34N6/c1-19(2)23(28)18-32-15-13-21(14-16-32)30-27-31-25-9-5-6-10-26(25)33(27)17-22-12-11-20-7-3-4-8-24(20)29-22/h3-12,19,21,23H,13-18,28H2,1-2H3,(H,30,31). The number of likely N-dealkylation sites (tertiary alicyclic amines) is 1. The smallest absolute Gasteiger partial charge is 0.204 e. The third-order valence-electron chi connectivity index (χ3n) is 6.88. The number of para-hydroxylation sites is 3. The molecule has 4 aromatic rings. The fraction of sp³-hybridized carbons (Fsp3) is 0.407. The van der Waals surface area contributed by atoms with Crippen molar-refractivity contribution in [2.45, 2.75) is 45.3 Å². The predicted octanol–water partition coefficient (Wildman–Crippen LogP) is 4.49. The van der Waals surface area contributed by atoms with Crippen molar-refractivity contribution in [2.24, 2.45) is 11.7 Å². The van der Waals surface area contributed by atoms with Crippen LogP contribution in [-0.4, -0.2) is 51.2 Å². The van der Waals surface area contributed by atoms with Gasteiger partial charge in [0.1, 0.15) is 0 Å². The normalized spacial score (nSPS) is 16.6. The zero-order valence-electron chi connectivity index (χ0n) is 19.6. The minimum atomic E-state index is 0.244. The van der Waals surface area contributed by atoms with Crippen LogP contribution in [0.2, 0.25) is 0 Å². The first kappa shape index (κ1) is 21.9. The molecule has 1 unspecified atom stereocenters. The molecule has 33 heavy (non-hydrogen) atoms. The number of imidazole rings is 1. The van der Waals surface area contributed by atoms with Crippen molar-refractivity contribution in [1.82, 2.24) is 19.4 Å². The summed E-state index contributed by atoms with van der Waals surface area (Å²) >= 11 is 0. The Balaban J connectivity index is 1.34. The molecule has 5 rings (SSSR count). The molecule has 1 fully saturated rings. The van der Waals surface area contributed by atoms with Crippen molar-refractivity contribution in [3.8, 4) is 0 Å². The Kier molecular flexibility index (Phi) is 6.29. The van der Waals surface area contributed by atoms with Crippen LogP contribution in [0.4, 0.5) is 5.95 Å². The molecule has 6 heteroatoms. The van der Waals surface area contributed by atoms with Gasteiger partial charge in [-0.2, -0.15) is 0 Å². The molecule has 172 valence electrons. The molecule has 1 saturated heterocycles. The first-order valence-corrected chi connectivity index (χ1v) is 12.1. The summed E-state index contributed by atoms with van der Waals surface area (Å²) in [5, 5.41) is 4.92. The van der Waals surface area contributed by atoms with Crippen molar-refractivity contribution >= 4 is 27.9 Å². The van der Waals surface area contributed by atoms with E-state index in [9.17, 15) is 0 Å². The lowest BCUT2D eigenvalue weighted by molar-refractivity contribution is 0.194. The molecule has 1 atom stereocenters. The maximum absolute atomic E-state index is 6.30. The zero-order valence-corrected chi connectivity index (χ0v) is 19.6. The van der Waals surface area contributed by atoms with E-state index >= 15 is 0 Å². The molecule has 0 aliphatic carbocycles. The quantitative estimate of drug-likeness (QED) is 0.441. The van der Waals surface area contributed by atoms with Crippen molar-refractivity contribution in [2.75, 3.05) is 25.0 Å². The van der Waals surface area contributed by atoms with Crippen LogP contribution in [0, 0.1) is 5.92 Å². The molecule has 0 radical (unpaired) electrons. The van der Waals surface area contributed by atoms with E-state index < -0.39 is 0 Å². The van der Waals surface area contributed by atoms with E-state index in [4.69, 9.17) is 15.7 Å². The second-order valence-electron chi connectivity index (χ2n) is 9.63. The van der Waals surface area contributed by atoms with Crippen molar-refractivity contribution < 1.29 is 0 Å². The lowest BCUT2D eigenvalue weighted by Gasteiger charge is -2.34. The van der Waals surface area contributed by atoms with Gasteiger partial charge in [0.25, 0.3) is 0 Å². The van der Waals surface area contributed by atoms with Gasteiger partial charge in [0, 0.05) is 37.1 Å². The number of anilines is 1. The second kappa shape index (κ2) is 9.49. The van der Waals surface area contributed by atoms with Crippen molar-refractivity contribution in [1.29, 1.82) is 0 Å². The lowest BCUT2D eigenvalue weighted by Crippen LogP contribution is -2.46. The van der Waals surface area contributed by atoms with Crippen LogP contribution in [0.1, 0.15) is 32.4 Å². The van der Waals surface area contributed by atoms with E-state index in [0.717, 1.165) is 60.7 Å². The van der Waals surface area contributed by atoms with Gasteiger partial charge in [-0.15, -0.1) is 0 Å². The van der Waals surface area contributed by atoms with E-state index in [1.165, 1.54) is 5.39 Å². The van der Waals surface area contributed by atoms with Crippen molar-refractivity contribution in [3.05, 3.63) is 66.4 Å². The van der Waals surface area contributed by atoms with Crippen LogP contribution in [0.15, 0.2) is 60.7 Å². The molecular formula is C27H34N6. The van der Waals surface area contributed by atoms with E-state index in [2.05, 4.69) is 77.2 Å². The number of hydrogen-bond donors (Lipinski definition) is 2. The van der Waals surface area contributed by atoms with Gasteiger partial charge >= 0.3 is 0 Å². The van der Waals surface area contributed by atoms with Crippen LogP contribution in [0.25, 0.3) is 21.9 Å². The summed E-state index contributed by atoms with van der Waals surface area (Å²) < 4.78 is 2.27. The fourth-order valence-electron chi connectivity index (χ4n) is 4.66. The molecule has 1 aliphatic heterocycles. The van der Waals surface area contributed by atoms with Gasteiger partial charge in [-0.25, -0.2) is 4.98 Å². The van der Waals surface area contributed by atoms with Crippen LogP contribution in [0.3, 0.4) is 0 Å². The maximum atomic E-state index is 6.30. The number of hydrogen-bond acceptors (Lipinski definition) is 5. The molecule has 0 bridgehead atoms. The Morgan fingerprint density at radius 3 is 2.45 bits per heavy atom. The first-order chi connectivity index (χ1) is 16.1. The third-order valence-corrected chi connectivity index (χ3v) is 6.88. The second-order valence-corrected chi connectivity index (χ2v) is 9.63. The molecule has 0 spiro atoms. The number of pyridine rings is 1. The van der Waals surface area contributed by atoms with Crippen LogP contribution >= 0.6 is 0 Å².